The molecule has 2 N–H and O–H groups in total. The van der Waals surface area contributed by atoms with E-state index in [1.165, 1.54) is 0 Å². The number of anilines is 1. The van der Waals surface area contributed by atoms with Crippen molar-refractivity contribution in [1.82, 2.24) is 9.78 Å². The van der Waals surface area contributed by atoms with Crippen LogP contribution >= 0.6 is 0 Å². The quantitative estimate of drug-likeness (QED) is 0.424. The molecule has 0 unspecified atom stereocenters. The van der Waals surface area contributed by atoms with Crippen molar-refractivity contribution in [2.45, 2.75) is 25.2 Å². The zero-order chi connectivity index (χ0) is 25.6. The van der Waals surface area contributed by atoms with Crippen LogP contribution in [0.1, 0.15) is 30.9 Å². The second-order valence-electron chi connectivity index (χ2n) is 9.17. The second kappa shape index (κ2) is 8.68. The normalized spacial score (nSPS) is 17.9. The van der Waals surface area contributed by atoms with Crippen molar-refractivity contribution in [2.75, 3.05) is 11.4 Å². The molecule has 0 bridgehead atoms. The Bertz CT molecular complexity index is 1580. The van der Waals surface area contributed by atoms with Crippen LogP contribution in [-0.4, -0.2) is 22.2 Å². The van der Waals surface area contributed by atoms with Crippen molar-refractivity contribution in [3.8, 4) is 28.9 Å². The number of benzene rings is 3. The van der Waals surface area contributed by atoms with Crippen LogP contribution in [0, 0.1) is 11.3 Å². The van der Waals surface area contributed by atoms with Gasteiger partial charge in [0.25, 0.3) is 0 Å². The predicted octanol–water partition coefficient (Wildman–Crippen LogP) is 5.06. The van der Waals surface area contributed by atoms with E-state index in [2.05, 4.69) is 13.0 Å². The lowest BCUT2D eigenvalue weighted by molar-refractivity contribution is -0.121. The molecule has 3 heterocycles. The molecule has 1 aromatic heterocycles. The first kappa shape index (κ1) is 22.6. The minimum atomic E-state index is -1.48. The minimum absolute atomic E-state index is 0.0845. The maximum Gasteiger partial charge on any atom is 0.247 e. The molecule has 6 rings (SSSR count). The van der Waals surface area contributed by atoms with Crippen LogP contribution in [0.4, 0.5) is 5.69 Å². The van der Waals surface area contributed by atoms with Gasteiger partial charge in [-0.15, -0.1) is 0 Å². The van der Waals surface area contributed by atoms with E-state index >= 15 is 0 Å². The fourth-order valence-corrected chi connectivity index (χ4v) is 5.46. The standard InChI is InChI=1S/C30H25N5O2/c1-2-3-18-34-24-17-11-10-16-22(24)30(29(34)36)23(19-31)27(32)37-28-25(30)26(20-12-6-4-7-13-20)33-35(28)21-14-8-5-9-15-21/h4-17H,2-3,18,32H2,1H3/t30-/m1/s1. The van der Waals surface area contributed by atoms with Crippen LogP contribution in [0.15, 0.2) is 96.4 Å². The molecule has 2 aliphatic heterocycles. The molecule has 37 heavy (non-hydrogen) atoms. The largest absolute Gasteiger partial charge is 0.422 e. The Morgan fingerprint density at radius 1 is 1.00 bits per heavy atom. The summed E-state index contributed by atoms with van der Waals surface area (Å²) in [5.74, 6) is 0.0326. The molecule has 1 spiro atoms. The third-order valence-corrected chi connectivity index (χ3v) is 7.11. The van der Waals surface area contributed by atoms with E-state index in [4.69, 9.17) is 15.6 Å². The van der Waals surface area contributed by atoms with E-state index in [-0.39, 0.29) is 17.4 Å². The number of fused-ring (bicyclic) bond motifs is 4. The maximum atomic E-state index is 14.6. The number of nitriles is 1. The lowest BCUT2D eigenvalue weighted by atomic mass is 9.68. The number of aromatic nitrogens is 2. The second-order valence-corrected chi connectivity index (χ2v) is 9.17. The number of nitrogens with two attached hydrogens (primary N) is 1. The summed E-state index contributed by atoms with van der Waals surface area (Å²) in [7, 11) is 0. The fourth-order valence-electron chi connectivity index (χ4n) is 5.46. The molecule has 0 fully saturated rings. The van der Waals surface area contributed by atoms with Gasteiger partial charge in [0.05, 0.1) is 11.3 Å². The van der Waals surface area contributed by atoms with E-state index in [1.54, 1.807) is 9.58 Å². The summed E-state index contributed by atoms with van der Waals surface area (Å²) in [4.78, 5) is 16.4. The molecule has 1 amide bonds. The summed E-state index contributed by atoms with van der Waals surface area (Å²) in [6.45, 7) is 2.63. The Morgan fingerprint density at radius 2 is 1.68 bits per heavy atom. The number of hydrogen-bond donors (Lipinski definition) is 1. The van der Waals surface area contributed by atoms with Crippen LogP contribution in [-0.2, 0) is 10.2 Å². The van der Waals surface area contributed by atoms with E-state index in [0.29, 0.717) is 29.2 Å². The lowest BCUT2D eigenvalue weighted by Gasteiger charge is -2.33. The average Bonchev–Trinajstić information content (AvgIpc) is 3.43. The van der Waals surface area contributed by atoms with Crippen LogP contribution < -0.4 is 15.4 Å². The molecule has 0 saturated carbocycles. The molecule has 7 heteroatoms. The van der Waals surface area contributed by atoms with E-state index < -0.39 is 5.41 Å². The van der Waals surface area contributed by atoms with Gasteiger partial charge in [-0.2, -0.15) is 15.0 Å². The van der Waals surface area contributed by atoms with Gasteiger partial charge in [-0.25, -0.2) is 0 Å². The number of amides is 1. The fraction of sp³-hybridized carbons (Fsp3) is 0.167. The SMILES string of the molecule is CCCCN1C(=O)[C@@]2(C(C#N)=C(N)Oc3c2c(-c2ccccc2)nn3-c2ccccc2)c2ccccc21. The number of nitrogens with zero attached hydrogens (tertiary/aromatic N) is 4. The zero-order valence-electron chi connectivity index (χ0n) is 20.4. The summed E-state index contributed by atoms with van der Waals surface area (Å²) in [5, 5.41) is 15.4. The van der Waals surface area contributed by atoms with Crippen molar-refractivity contribution < 1.29 is 9.53 Å². The molecule has 0 radical (unpaired) electrons. The Morgan fingerprint density at radius 3 is 2.38 bits per heavy atom. The van der Waals surface area contributed by atoms with Gasteiger partial charge in [-0.3, -0.25) is 4.79 Å². The highest BCUT2D eigenvalue weighted by Crippen LogP contribution is 2.57. The Kier molecular flexibility index (Phi) is 5.31. The number of para-hydroxylation sites is 2. The maximum absolute atomic E-state index is 14.6. The van der Waals surface area contributed by atoms with Gasteiger partial charge in [0, 0.05) is 23.4 Å². The summed E-state index contributed by atoms with van der Waals surface area (Å²) in [6.07, 6.45) is 1.76. The van der Waals surface area contributed by atoms with Crippen molar-refractivity contribution in [3.63, 3.8) is 0 Å². The smallest absolute Gasteiger partial charge is 0.247 e. The first-order valence-electron chi connectivity index (χ1n) is 12.4. The third-order valence-electron chi connectivity index (χ3n) is 7.11. The Balaban J connectivity index is 1.74. The molecule has 2 aliphatic rings. The average molecular weight is 488 g/mol. The molecule has 4 aromatic rings. The first-order chi connectivity index (χ1) is 18.1. The molecule has 182 valence electrons. The van der Waals surface area contributed by atoms with Gasteiger partial charge in [0.2, 0.25) is 17.7 Å². The molecule has 3 aromatic carbocycles. The Labute approximate surface area is 215 Å². The molecule has 7 nitrogen and oxygen atoms in total. The highest BCUT2D eigenvalue weighted by molar-refractivity contribution is 6.15. The van der Waals surface area contributed by atoms with Gasteiger partial charge < -0.3 is 15.4 Å². The number of hydrogen-bond acceptors (Lipinski definition) is 5. The molecule has 0 saturated heterocycles. The summed E-state index contributed by atoms with van der Waals surface area (Å²) < 4.78 is 7.83. The highest BCUT2D eigenvalue weighted by Gasteiger charge is 2.61. The van der Waals surface area contributed by atoms with Gasteiger partial charge in [-0.05, 0) is 24.6 Å². The predicted molar refractivity (Wildman–Crippen MR) is 141 cm³/mol. The topological polar surface area (TPSA) is 97.2 Å². The molecule has 1 atom stereocenters. The third kappa shape index (κ3) is 3.12. The van der Waals surface area contributed by atoms with Gasteiger partial charge in [-0.1, -0.05) is 80.1 Å². The van der Waals surface area contributed by atoms with E-state index in [1.807, 2.05) is 84.9 Å². The lowest BCUT2D eigenvalue weighted by Crippen LogP contribution is -2.46. The van der Waals surface area contributed by atoms with Crippen LogP contribution in [0.3, 0.4) is 0 Å². The summed E-state index contributed by atoms with van der Waals surface area (Å²) in [6, 6.07) is 29.1. The number of carbonyl (C=O) groups excluding carboxylic acids is 1. The van der Waals surface area contributed by atoms with Crippen molar-refractivity contribution in [1.29, 1.82) is 5.26 Å². The van der Waals surface area contributed by atoms with Crippen molar-refractivity contribution >= 4 is 11.6 Å². The number of unbranched alkanes of at least 4 members (excludes halogenated alkanes) is 1. The summed E-state index contributed by atoms with van der Waals surface area (Å²) in [5.41, 5.74) is 9.21. The Hall–Kier alpha value is -4.83. The van der Waals surface area contributed by atoms with Crippen LogP contribution in [0.5, 0.6) is 5.88 Å². The number of ether oxygens (including phenoxy) is 1. The van der Waals surface area contributed by atoms with Crippen LogP contribution in [0.25, 0.3) is 16.9 Å². The van der Waals surface area contributed by atoms with E-state index in [0.717, 1.165) is 29.8 Å². The van der Waals surface area contributed by atoms with Crippen molar-refractivity contribution in [2.24, 2.45) is 5.73 Å². The first-order valence-corrected chi connectivity index (χ1v) is 12.4. The molecular weight excluding hydrogens is 462 g/mol. The molecular formula is C30H25N5O2. The minimum Gasteiger partial charge on any atom is -0.422 e. The monoisotopic (exact) mass is 487 g/mol. The zero-order valence-corrected chi connectivity index (χ0v) is 20.4. The highest BCUT2D eigenvalue weighted by atomic mass is 16.5. The molecule has 0 aliphatic carbocycles. The van der Waals surface area contributed by atoms with Gasteiger partial charge in [0.15, 0.2) is 0 Å². The number of rotatable bonds is 5. The van der Waals surface area contributed by atoms with Gasteiger partial charge in [0.1, 0.15) is 22.8 Å². The van der Waals surface area contributed by atoms with Gasteiger partial charge >= 0.3 is 0 Å². The van der Waals surface area contributed by atoms with Crippen LogP contribution in [0.2, 0.25) is 0 Å². The summed E-state index contributed by atoms with van der Waals surface area (Å²) >= 11 is 0. The van der Waals surface area contributed by atoms with Crippen molar-refractivity contribution in [3.05, 3.63) is 108 Å². The van der Waals surface area contributed by atoms with E-state index in [9.17, 15) is 10.1 Å². The number of carbonyl (C=O) groups is 1.